The first-order chi connectivity index (χ1) is 5.45. The third-order valence-corrected chi connectivity index (χ3v) is 1.45. The van der Waals surface area contributed by atoms with Gasteiger partial charge in [0.05, 0.1) is 6.17 Å². The van der Waals surface area contributed by atoms with Gasteiger partial charge in [-0.3, -0.25) is 0 Å². The molecule has 0 heterocycles. The van der Waals surface area contributed by atoms with E-state index in [2.05, 4.69) is 6.58 Å². The molecule has 0 radical (unpaired) electrons. The average molecular weight is 176 g/mol. The number of allylic oxidation sites excluding steroid dienone is 2. The van der Waals surface area contributed by atoms with Gasteiger partial charge in [-0.2, -0.15) is 0 Å². The molecule has 1 unspecified atom stereocenters. The van der Waals surface area contributed by atoms with Gasteiger partial charge in [-0.15, -0.1) is 0 Å². The van der Waals surface area contributed by atoms with Crippen molar-refractivity contribution >= 4 is 0 Å². The Labute approximate surface area is 71.3 Å². The maximum atomic E-state index is 11.9. The van der Waals surface area contributed by atoms with Crippen LogP contribution in [0.25, 0.3) is 0 Å². The van der Waals surface area contributed by atoms with Crippen LogP contribution in [-0.2, 0) is 0 Å². The summed E-state index contributed by atoms with van der Waals surface area (Å²) in [4.78, 5) is 1.62. The Hall–Kier alpha value is -0.900. The molecule has 2 nitrogen and oxygen atoms in total. The van der Waals surface area contributed by atoms with E-state index in [4.69, 9.17) is 5.73 Å². The van der Waals surface area contributed by atoms with Crippen LogP contribution >= 0.6 is 0 Å². The van der Waals surface area contributed by atoms with Gasteiger partial charge >= 0.3 is 0 Å². The first kappa shape index (κ1) is 11.1. The first-order valence-electron chi connectivity index (χ1n) is 3.57. The van der Waals surface area contributed by atoms with Crippen molar-refractivity contribution < 1.29 is 8.78 Å². The third kappa shape index (κ3) is 4.08. The SMILES string of the molecule is C=C(/C=C\N(C)C(C)N)C(F)F. The summed E-state index contributed by atoms with van der Waals surface area (Å²) in [6.45, 7) is 4.94. The molecule has 0 aliphatic rings. The second-order valence-corrected chi connectivity index (χ2v) is 2.60. The maximum absolute atomic E-state index is 11.9. The van der Waals surface area contributed by atoms with E-state index >= 15 is 0 Å². The van der Waals surface area contributed by atoms with Gasteiger partial charge in [0.15, 0.2) is 0 Å². The van der Waals surface area contributed by atoms with E-state index in [1.54, 1.807) is 18.9 Å². The van der Waals surface area contributed by atoms with Crippen LogP contribution in [0, 0.1) is 0 Å². The fourth-order valence-corrected chi connectivity index (χ4v) is 0.422. The van der Waals surface area contributed by atoms with E-state index in [9.17, 15) is 8.78 Å². The van der Waals surface area contributed by atoms with Crippen molar-refractivity contribution in [1.82, 2.24) is 4.90 Å². The fourth-order valence-electron chi connectivity index (χ4n) is 0.422. The summed E-state index contributed by atoms with van der Waals surface area (Å²) in [5.41, 5.74) is 5.25. The van der Waals surface area contributed by atoms with Gasteiger partial charge in [0.25, 0.3) is 6.43 Å². The molecule has 0 saturated heterocycles. The molecule has 0 aliphatic carbocycles. The average Bonchev–Trinajstić information content (AvgIpc) is 1.98. The molecular formula is C8H14F2N2. The maximum Gasteiger partial charge on any atom is 0.263 e. The number of nitrogens with two attached hydrogens (primary N) is 1. The van der Waals surface area contributed by atoms with Crippen LogP contribution in [0.4, 0.5) is 8.78 Å². The van der Waals surface area contributed by atoms with E-state index in [1.807, 2.05) is 0 Å². The number of halogens is 2. The molecule has 0 aromatic heterocycles. The van der Waals surface area contributed by atoms with Gasteiger partial charge in [-0.05, 0) is 13.0 Å². The third-order valence-electron chi connectivity index (χ3n) is 1.45. The van der Waals surface area contributed by atoms with Crippen molar-refractivity contribution in [2.24, 2.45) is 5.73 Å². The highest BCUT2D eigenvalue weighted by Gasteiger charge is 2.04. The largest absolute Gasteiger partial charge is 0.366 e. The molecule has 2 N–H and O–H groups in total. The summed E-state index contributed by atoms with van der Waals surface area (Å²) in [7, 11) is 1.71. The molecule has 0 aliphatic heterocycles. The Morgan fingerprint density at radius 3 is 2.42 bits per heavy atom. The van der Waals surface area contributed by atoms with Gasteiger partial charge in [0.1, 0.15) is 0 Å². The number of hydrogen-bond donors (Lipinski definition) is 1. The van der Waals surface area contributed by atoms with Gasteiger partial charge in [-0.25, -0.2) is 8.78 Å². The Morgan fingerprint density at radius 2 is 2.08 bits per heavy atom. The summed E-state index contributed by atoms with van der Waals surface area (Å²) < 4.78 is 23.8. The van der Waals surface area contributed by atoms with Crippen molar-refractivity contribution in [3.63, 3.8) is 0 Å². The van der Waals surface area contributed by atoms with Crippen LogP contribution in [0.15, 0.2) is 24.4 Å². The van der Waals surface area contributed by atoms with Crippen LogP contribution < -0.4 is 5.73 Å². The minimum absolute atomic E-state index is 0.188. The molecule has 0 bridgehead atoms. The summed E-state index contributed by atoms with van der Waals surface area (Å²) in [6, 6.07) is 0. The summed E-state index contributed by atoms with van der Waals surface area (Å²) >= 11 is 0. The number of nitrogens with zero attached hydrogens (tertiary/aromatic N) is 1. The molecule has 0 saturated carbocycles. The Balaban J connectivity index is 3.98. The minimum atomic E-state index is -2.50. The lowest BCUT2D eigenvalue weighted by atomic mass is 10.3. The topological polar surface area (TPSA) is 29.3 Å². The van der Waals surface area contributed by atoms with Crippen LogP contribution in [0.3, 0.4) is 0 Å². The predicted octanol–water partition coefficient (Wildman–Crippen LogP) is 1.56. The quantitative estimate of drug-likeness (QED) is 0.520. The van der Waals surface area contributed by atoms with Crippen LogP contribution in [-0.4, -0.2) is 24.5 Å². The lowest BCUT2D eigenvalue weighted by molar-refractivity contribution is 0.194. The zero-order chi connectivity index (χ0) is 9.72. The van der Waals surface area contributed by atoms with E-state index in [1.165, 1.54) is 12.3 Å². The molecule has 4 heteroatoms. The second-order valence-electron chi connectivity index (χ2n) is 2.60. The molecule has 0 spiro atoms. The van der Waals surface area contributed by atoms with E-state index in [0.29, 0.717) is 0 Å². The van der Waals surface area contributed by atoms with E-state index in [0.717, 1.165) is 0 Å². The predicted molar refractivity (Wildman–Crippen MR) is 45.7 cm³/mol. The van der Waals surface area contributed by atoms with Crippen molar-refractivity contribution in [1.29, 1.82) is 0 Å². The molecule has 0 amide bonds. The van der Waals surface area contributed by atoms with Crippen LogP contribution in [0.5, 0.6) is 0 Å². The molecule has 0 aromatic rings. The van der Waals surface area contributed by atoms with Crippen molar-refractivity contribution in [2.75, 3.05) is 7.05 Å². The molecule has 0 fully saturated rings. The molecule has 1 atom stereocenters. The summed E-state index contributed by atoms with van der Waals surface area (Å²) in [6.07, 6.45) is 0.0575. The van der Waals surface area contributed by atoms with Crippen molar-refractivity contribution in [3.8, 4) is 0 Å². The molecular weight excluding hydrogens is 162 g/mol. The molecule has 12 heavy (non-hydrogen) atoms. The first-order valence-corrected chi connectivity index (χ1v) is 3.57. The van der Waals surface area contributed by atoms with Crippen LogP contribution in [0.2, 0.25) is 0 Å². The molecule has 0 rings (SSSR count). The van der Waals surface area contributed by atoms with Crippen molar-refractivity contribution in [3.05, 3.63) is 24.4 Å². The summed E-state index contributed by atoms with van der Waals surface area (Å²) in [5, 5.41) is 0. The highest BCUT2D eigenvalue weighted by Crippen LogP contribution is 2.07. The highest BCUT2D eigenvalue weighted by atomic mass is 19.3. The smallest absolute Gasteiger partial charge is 0.263 e. The standard InChI is InChI=1S/C8H14F2N2/c1-6(8(9)10)4-5-12(3)7(2)11/h4-5,7-8H,1,11H2,2-3H3/b5-4-. The number of hydrogen-bond acceptors (Lipinski definition) is 2. The number of alkyl halides is 2. The molecule has 70 valence electrons. The highest BCUT2D eigenvalue weighted by molar-refractivity contribution is 5.16. The normalized spacial score (nSPS) is 13.8. The van der Waals surface area contributed by atoms with Crippen molar-refractivity contribution in [2.45, 2.75) is 19.5 Å². The molecule has 0 aromatic carbocycles. The van der Waals surface area contributed by atoms with Gasteiger partial charge in [-0.1, -0.05) is 6.58 Å². The Morgan fingerprint density at radius 1 is 1.58 bits per heavy atom. The van der Waals surface area contributed by atoms with E-state index in [-0.39, 0.29) is 11.7 Å². The van der Waals surface area contributed by atoms with Gasteiger partial charge in [0, 0.05) is 18.8 Å². The lowest BCUT2D eigenvalue weighted by Crippen LogP contribution is -2.32. The summed E-state index contributed by atoms with van der Waals surface area (Å²) in [5.74, 6) is 0. The fraction of sp³-hybridized carbons (Fsp3) is 0.500. The Kier molecular flexibility index (Phi) is 4.51. The monoisotopic (exact) mass is 176 g/mol. The Bertz CT molecular complexity index is 176. The van der Waals surface area contributed by atoms with Gasteiger partial charge in [0.2, 0.25) is 0 Å². The number of rotatable bonds is 4. The minimum Gasteiger partial charge on any atom is -0.366 e. The zero-order valence-electron chi connectivity index (χ0n) is 7.30. The lowest BCUT2D eigenvalue weighted by Gasteiger charge is -2.18. The second kappa shape index (κ2) is 4.87. The zero-order valence-corrected chi connectivity index (χ0v) is 7.30. The van der Waals surface area contributed by atoms with Crippen LogP contribution in [0.1, 0.15) is 6.92 Å². The van der Waals surface area contributed by atoms with Gasteiger partial charge < -0.3 is 10.6 Å². The van der Waals surface area contributed by atoms with E-state index < -0.39 is 6.43 Å².